The molecule has 13 heavy (non-hydrogen) atoms. The lowest BCUT2D eigenvalue weighted by atomic mass is 10.1. The van der Waals surface area contributed by atoms with Crippen LogP contribution in [-0.2, 0) is 6.42 Å². The van der Waals surface area contributed by atoms with Gasteiger partial charge in [-0.15, -0.1) is 11.8 Å². The van der Waals surface area contributed by atoms with E-state index in [4.69, 9.17) is 10.5 Å². The molecule has 0 aliphatic rings. The SMILES string of the molecule is COc1sc(SC)cc1CC(C)N. The highest BCUT2D eigenvalue weighted by Crippen LogP contribution is 2.35. The highest BCUT2D eigenvalue weighted by atomic mass is 32.2. The van der Waals surface area contributed by atoms with Crippen LogP contribution < -0.4 is 10.5 Å². The third-order valence-corrected chi connectivity index (χ3v) is 3.88. The van der Waals surface area contributed by atoms with Crippen molar-refractivity contribution in [3.8, 4) is 5.06 Å². The molecule has 0 aliphatic heterocycles. The number of methoxy groups -OCH3 is 1. The normalized spacial score (nSPS) is 12.9. The molecule has 0 amide bonds. The van der Waals surface area contributed by atoms with E-state index in [1.165, 1.54) is 9.77 Å². The summed E-state index contributed by atoms with van der Waals surface area (Å²) in [6.07, 6.45) is 2.96. The van der Waals surface area contributed by atoms with Gasteiger partial charge in [0, 0.05) is 11.6 Å². The molecule has 0 saturated carbocycles. The summed E-state index contributed by atoms with van der Waals surface area (Å²) in [5.74, 6) is 0. The van der Waals surface area contributed by atoms with Gasteiger partial charge in [0.2, 0.25) is 0 Å². The summed E-state index contributed by atoms with van der Waals surface area (Å²) in [5.41, 5.74) is 6.97. The minimum atomic E-state index is 0.193. The average molecular weight is 217 g/mol. The quantitative estimate of drug-likeness (QED) is 0.786. The van der Waals surface area contributed by atoms with Crippen molar-refractivity contribution in [2.75, 3.05) is 13.4 Å². The van der Waals surface area contributed by atoms with E-state index in [9.17, 15) is 0 Å². The minimum Gasteiger partial charge on any atom is -0.487 e. The van der Waals surface area contributed by atoms with Gasteiger partial charge in [0.15, 0.2) is 5.06 Å². The summed E-state index contributed by atoms with van der Waals surface area (Å²) in [7, 11) is 1.71. The third kappa shape index (κ3) is 2.90. The maximum absolute atomic E-state index is 5.74. The van der Waals surface area contributed by atoms with Gasteiger partial charge < -0.3 is 10.5 Å². The minimum absolute atomic E-state index is 0.193. The van der Waals surface area contributed by atoms with Crippen LogP contribution in [-0.4, -0.2) is 19.4 Å². The van der Waals surface area contributed by atoms with E-state index >= 15 is 0 Å². The first-order valence-electron chi connectivity index (χ1n) is 4.13. The fourth-order valence-electron chi connectivity index (χ4n) is 1.15. The molecule has 1 aromatic heterocycles. The lowest BCUT2D eigenvalue weighted by Crippen LogP contribution is -2.17. The molecule has 0 spiro atoms. The Morgan fingerprint density at radius 3 is 2.85 bits per heavy atom. The summed E-state index contributed by atoms with van der Waals surface area (Å²) < 4.78 is 6.56. The Morgan fingerprint density at radius 2 is 2.38 bits per heavy atom. The second kappa shape index (κ2) is 4.88. The predicted octanol–water partition coefficient (Wildman–Crippen LogP) is 2.37. The fourth-order valence-corrected chi connectivity index (χ4v) is 2.71. The van der Waals surface area contributed by atoms with Crippen LogP contribution in [0.2, 0.25) is 0 Å². The third-order valence-electron chi connectivity index (χ3n) is 1.68. The smallest absolute Gasteiger partial charge is 0.177 e. The monoisotopic (exact) mass is 217 g/mol. The molecule has 1 unspecified atom stereocenters. The van der Waals surface area contributed by atoms with Gasteiger partial charge >= 0.3 is 0 Å². The molecule has 0 aromatic carbocycles. The van der Waals surface area contributed by atoms with E-state index in [1.54, 1.807) is 30.2 Å². The Labute approximate surface area is 87.5 Å². The van der Waals surface area contributed by atoms with E-state index < -0.39 is 0 Å². The summed E-state index contributed by atoms with van der Waals surface area (Å²) in [5, 5.41) is 1.00. The molecule has 74 valence electrons. The standard InChI is InChI=1S/C9H15NOS2/c1-6(10)4-7-5-8(12-3)13-9(7)11-2/h5-6H,4,10H2,1-3H3. The molecule has 4 heteroatoms. The zero-order chi connectivity index (χ0) is 9.84. The molecule has 1 rings (SSSR count). The van der Waals surface area contributed by atoms with Crippen LogP contribution >= 0.6 is 23.1 Å². The van der Waals surface area contributed by atoms with Crippen molar-refractivity contribution < 1.29 is 4.74 Å². The van der Waals surface area contributed by atoms with Gasteiger partial charge in [0.25, 0.3) is 0 Å². The molecule has 0 bridgehead atoms. The molecule has 1 aromatic rings. The molecule has 0 aliphatic carbocycles. The van der Waals surface area contributed by atoms with E-state index in [0.717, 1.165) is 11.5 Å². The van der Waals surface area contributed by atoms with Crippen LogP contribution in [0.1, 0.15) is 12.5 Å². The van der Waals surface area contributed by atoms with Gasteiger partial charge in [-0.3, -0.25) is 0 Å². The Balaban J connectivity index is 2.84. The van der Waals surface area contributed by atoms with Crippen molar-refractivity contribution in [3.63, 3.8) is 0 Å². The summed E-state index contributed by atoms with van der Waals surface area (Å²) in [4.78, 5) is 0. The molecule has 1 atom stereocenters. The van der Waals surface area contributed by atoms with Crippen LogP contribution in [0, 0.1) is 0 Å². The lowest BCUT2D eigenvalue weighted by molar-refractivity contribution is 0.421. The van der Waals surface area contributed by atoms with E-state index in [-0.39, 0.29) is 6.04 Å². The summed E-state index contributed by atoms with van der Waals surface area (Å²) in [6, 6.07) is 2.36. The zero-order valence-electron chi connectivity index (χ0n) is 8.16. The first-order chi connectivity index (χ1) is 6.17. The molecule has 0 fully saturated rings. The average Bonchev–Trinajstić information content (AvgIpc) is 2.46. The molecule has 1 heterocycles. The van der Waals surface area contributed by atoms with Crippen molar-refractivity contribution >= 4 is 23.1 Å². The maximum atomic E-state index is 5.74. The summed E-state index contributed by atoms with van der Waals surface area (Å²) in [6.45, 7) is 2.01. The molecule has 2 N–H and O–H groups in total. The first-order valence-corrected chi connectivity index (χ1v) is 6.17. The van der Waals surface area contributed by atoms with Crippen LogP contribution in [0.5, 0.6) is 5.06 Å². The number of hydrogen-bond donors (Lipinski definition) is 1. The molecular weight excluding hydrogens is 202 g/mol. The Morgan fingerprint density at radius 1 is 1.69 bits per heavy atom. The fraction of sp³-hybridized carbons (Fsp3) is 0.556. The topological polar surface area (TPSA) is 35.2 Å². The van der Waals surface area contributed by atoms with Crippen LogP contribution in [0.4, 0.5) is 0 Å². The molecule has 2 nitrogen and oxygen atoms in total. The van der Waals surface area contributed by atoms with Gasteiger partial charge in [-0.1, -0.05) is 11.3 Å². The molecule has 0 saturated heterocycles. The second-order valence-corrected chi connectivity index (χ2v) is 5.09. The molecule has 0 radical (unpaired) electrons. The van der Waals surface area contributed by atoms with Gasteiger partial charge in [0.1, 0.15) is 0 Å². The number of thioether (sulfide) groups is 1. The van der Waals surface area contributed by atoms with E-state index in [0.29, 0.717) is 0 Å². The van der Waals surface area contributed by atoms with Gasteiger partial charge in [-0.05, 0) is 25.7 Å². The number of ether oxygens (including phenoxy) is 1. The van der Waals surface area contributed by atoms with Crippen LogP contribution in [0.25, 0.3) is 0 Å². The maximum Gasteiger partial charge on any atom is 0.177 e. The number of hydrogen-bond acceptors (Lipinski definition) is 4. The number of thiophene rings is 1. The highest BCUT2D eigenvalue weighted by Gasteiger charge is 2.10. The van der Waals surface area contributed by atoms with Crippen LogP contribution in [0.15, 0.2) is 10.3 Å². The van der Waals surface area contributed by atoms with Crippen molar-refractivity contribution in [1.29, 1.82) is 0 Å². The molecular formula is C9H15NOS2. The second-order valence-electron chi connectivity index (χ2n) is 2.97. The van der Waals surface area contributed by atoms with Crippen molar-refractivity contribution in [2.45, 2.75) is 23.6 Å². The lowest BCUT2D eigenvalue weighted by Gasteiger charge is -2.04. The van der Waals surface area contributed by atoms with Crippen molar-refractivity contribution in [1.82, 2.24) is 0 Å². The van der Waals surface area contributed by atoms with Crippen molar-refractivity contribution in [3.05, 3.63) is 11.6 Å². The van der Waals surface area contributed by atoms with Gasteiger partial charge in [0.05, 0.1) is 11.3 Å². The van der Waals surface area contributed by atoms with Crippen molar-refractivity contribution in [2.24, 2.45) is 5.73 Å². The van der Waals surface area contributed by atoms with Gasteiger partial charge in [-0.25, -0.2) is 0 Å². The van der Waals surface area contributed by atoms with E-state index in [1.807, 2.05) is 6.92 Å². The number of nitrogens with two attached hydrogens (primary N) is 1. The first kappa shape index (κ1) is 10.9. The zero-order valence-corrected chi connectivity index (χ0v) is 9.80. The van der Waals surface area contributed by atoms with Gasteiger partial charge in [-0.2, -0.15) is 0 Å². The Kier molecular flexibility index (Phi) is 4.09. The number of rotatable bonds is 4. The van der Waals surface area contributed by atoms with Crippen LogP contribution in [0.3, 0.4) is 0 Å². The largest absolute Gasteiger partial charge is 0.487 e. The Hall–Kier alpha value is -0.190. The highest BCUT2D eigenvalue weighted by molar-refractivity contribution is 8.00. The predicted molar refractivity (Wildman–Crippen MR) is 60.0 cm³/mol. The Bertz CT molecular complexity index is 271. The van der Waals surface area contributed by atoms with E-state index in [2.05, 4.69) is 12.3 Å². The summed E-state index contributed by atoms with van der Waals surface area (Å²) >= 11 is 3.43.